The summed E-state index contributed by atoms with van der Waals surface area (Å²) in [5, 5.41) is 2.39. The van der Waals surface area contributed by atoms with Crippen LogP contribution in [0.4, 0.5) is 18.9 Å². The molecule has 0 aromatic heterocycles. The van der Waals surface area contributed by atoms with E-state index in [1.54, 1.807) is 6.07 Å². The van der Waals surface area contributed by atoms with E-state index in [-0.39, 0.29) is 22.7 Å². The molecule has 2 rings (SSSR count). The van der Waals surface area contributed by atoms with Gasteiger partial charge < -0.3 is 19.5 Å². The number of halogens is 3. The maximum absolute atomic E-state index is 12.6. The van der Waals surface area contributed by atoms with Gasteiger partial charge in [-0.25, -0.2) is 4.79 Å². The molecule has 0 saturated heterocycles. The van der Waals surface area contributed by atoms with Gasteiger partial charge in [0.25, 0.3) is 5.91 Å². The van der Waals surface area contributed by atoms with E-state index in [2.05, 4.69) is 5.32 Å². The maximum atomic E-state index is 12.6. The van der Waals surface area contributed by atoms with Gasteiger partial charge >= 0.3 is 12.1 Å². The van der Waals surface area contributed by atoms with E-state index in [1.807, 2.05) is 0 Å². The van der Waals surface area contributed by atoms with Gasteiger partial charge in [-0.05, 0) is 43.3 Å². The number of alkyl halides is 3. The second-order valence-electron chi connectivity index (χ2n) is 5.65. The number of hydrogen-bond donors (Lipinski definition) is 1. The average molecular weight is 397 g/mol. The number of anilines is 1. The van der Waals surface area contributed by atoms with E-state index in [9.17, 15) is 22.8 Å². The lowest BCUT2D eigenvalue weighted by molar-refractivity contribution is -0.137. The Morgan fingerprint density at radius 1 is 0.964 bits per heavy atom. The molecule has 0 aliphatic heterocycles. The SMILES string of the molecule is COc1cccc(OC)c1C(=O)O[C@@H](C)C(=O)Nc1ccc(C(F)(F)F)cc1. The highest BCUT2D eigenvalue weighted by molar-refractivity contribution is 5.99. The van der Waals surface area contributed by atoms with Gasteiger partial charge in [0.05, 0.1) is 19.8 Å². The molecule has 0 bridgehead atoms. The highest BCUT2D eigenvalue weighted by Crippen LogP contribution is 2.30. The molecule has 0 fully saturated rings. The van der Waals surface area contributed by atoms with Crippen LogP contribution in [0, 0.1) is 0 Å². The fraction of sp³-hybridized carbons (Fsp3) is 0.263. The summed E-state index contributed by atoms with van der Waals surface area (Å²) in [6.07, 6.45) is -5.69. The number of nitrogens with one attached hydrogen (secondary N) is 1. The Kier molecular flexibility index (Phi) is 6.50. The minimum atomic E-state index is -4.47. The Bertz CT molecular complexity index is 827. The number of hydrogen-bond acceptors (Lipinski definition) is 5. The van der Waals surface area contributed by atoms with Gasteiger partial charge in [-0.2, -0.15) is 13.2 Å². The minimum Gasteiger partial charge on any atom is -0.496 e. The van der Waals surface area contributed by atoms with Gasteiger partial charge in [0.15, 0.2) is 6.10 Å². The van der Waals surface area contributed by atoms with Gasteiger partial charge in [-0.1, -0.05) is 6.07 Å². The molecule has 1 N–H and O–H groups in total. The monoisotopic (exact) mass is 397 g/mol. The van der Waals surface area contributed by atoms with E-state index in [0.29, 0.717) is 0 Å². The van der Waals surface area contributed by atoms with Crippen LogP contribution in [-0.2, 0) is 15.7 Å². The van der Waals surface area contributed by atoms with Crippen molar-refractivity contribution in [3.63, 3.8) is 0 Å². The van der Waals surface area contributed by atoms with Crippen LogP contribution in [0.1, 0.15) is 22.8 Å². The number of carbonyl (C=O) groups is 2. The Balaban J connectivity index is 2.07. The summed E-state index contributed by atoms with van der Waals surface area (Å²) in [7, 11) is 2.73. The number of carbonyl (C=O) groups excluding carboxylic acids is 2. The van der Waals surface area contributed by atoms with Crippen LogP contribution in [0.15, 0.2) is 42.5 Å². The van der Waals surface area contributed by atoms with Crippen molar-refractivity contribution in [3.8, 4) is 11.5 Å². The molecular weight excluding hydrogens is 379 g/mol. The maximum Gasteiger partial charge on any atom is 0.416 e. The van der Waals surface area contributed by atoms with Crippen LogP contribution in [-0.4, -0.2) is 32.2 Å². The third-order valence-electron chi connectivity index (χ3n) is 3.76. The number of ether oxygens (including phenoxy) is 3. The van der Waals surface area contributed by atoms with Crippen molar-refractivity contribution in [2.75, 3.05) is 19.5 Å². The Morgan fingerprint density at radius 2 is 1.50 bits per heavy atom. The highest BCUT2D eigenvalue weighted by Gasteiger charge is 2.30. The zero-order valence-electron chi connectivity index (χ0n) is 15.3. The molecule has 1 atom stereocenters. The standard InChI is InChI=1S/C19H18F3NO5/c1-11(17(24)23-13-9-7-12(8-10-13)19(20,21)22)28-18(25)16-14(26-2)5-4-6-15(16)27-3/h4-11H,1-3H3,(H,23,24)/t11-/m0/s1. The summed E-state index contributed by atoms with van der Waals surface area (Å²) < 4.78 is 53.1. The summed E-state index contributed by atoms with van der Waals surface area (Å²) in [6.45, 7) is 1.33. The van der Waals surface area contributed by atoms with E-state index in [4.69, 9.17) is 14.2 Å². The van der Waals surface area contributed by atoms with Gasteiger partial charge in [0, 0.05) is 5.69 Å². The van der Waals surface area contributed by atoms with Crippen molar-refractivity contribution < 1.29 is 37.0 Å². The molecule has 0 radical (unpaired) electrons. The first kappa shape index (κ1) is 21.1. The lowest BCUT2D eigenvalue weighted by Crippen LogP contribution is -2.30. The Hall–Kier alpha value is -3.23. The topological polar surface area (TPSA) is 73.9 Å². The quantitative estimate of drug-likeness (QED) is 0.749. The van der Waals surface area contributed by atoms with Crippen LogP contribution in [0.25, 0.3) is 0 Å². The van der Waals surface area contributed by atoms with Crippen LogP contribution in [0.3, 0.4) is 0 Å². The van der Waals surface area contributed by atoms with Gasteiger partial charge in [0.2, 0.25) is 0 Å². The average Bonchev–Trinajstić information content (AvgIpc) is 2.66. The molecule has 0 aliphatic rings. The first-order valence-corrected chi connectivity index (χ1v) is 8.07. The molecule has 1 amide bonds. The van der Waals surface area contributed by atoms with E-state index < -0.39 is 29.7 Å². The summed E-state index contributed by atoms with van der Waals surface area (Å²) in [5.41, 5.74) is -0.689. The van der Waals surface area contributed by atoms with Crippen LogP contribution < -0.4 is 14.8 Å². The molecule has 6 nitrogen and oxygen atoms in total. The van der Waals surface area contributed by atoms with Crippen molar-refractivity contribution in [2.45, 2.75) is 19.2 Å². The number of esters is 1. The fourth-order valence-corrected chi connectivity index (χ4v) is 2.31. The third-order valence-corrected chi connectivity index (χ3v) is 3.76. The second kappa shape index (κ2) is 8.64. The van der Waals surface area contributed by atoms with Crippen molar-refractivity contribution in [3.05, 3.63) is 53.6 Å². The number of rotatable bonds is 6. The summed E-state index contributed by atoms with van der Waals surface area (Å²) in [5.74, 6) is -1.13. The molecule has 0 saturated carbocycles. The van der Waals surface area contributed by atoms with Crippen molar-refractivity contribution in [1.29, 1.82) is 0 Å². The van der Waals surface area contributed by atoms with Crippen molar-refractivity contribution in [1.82, 2.24) is 0 Å². The molecule has 0 spiro atoms. The predicted molar refractivity (Wildman–Crippen MR) is 94.5 cm³/mol. The fourth-order valence-electron chi connectivity index (χ4n) is 2.31. The zero-order valence-corrected chi connectivity index (χ0v) is 15.3. The van der Waals surface area contributed by atoms with Crippen molar-refractivity contribution >= 4 is 17.6 Å². The molecule has 2 aromatic rings. The minimum absolute atomic E-state index is 0.0154. The van der Waals surface area contributed by atoms with E-state index in [1.165, 1.54) is 33.3 Å². The van der Waals surface area contributed by atoms with E-state index >= 15 is 0 Å². The van der Waals surface area contributed by atoms with Gasteiger partial charge in [-0.3, -0.25) is 4.79 Å². The smallest absolute Gasteiger partial charge is 0.416 e. The first-order valence-electron chi connectivity index (χ1n) is 8.07. The molecule has 0 aliphatic carbocycles. The van der Waals surface area contributed by atoms with Gasteiger partial charge in [-0.15, -0.1) is 0 Å². The van der Waals surface area contributed by atoms with Gasteiger partial charge in [0.1, 0.15) is 17.1 Å². The second-order valence-corrected chi connectivity index (χ2v) is 5.65. The van der Waals surface area contributed by atoms with Crippen LogP contribution >= 0.6 is 0 Å². The lowest BCUT2D eigenvalue weighted by atomic mass is 10.1. The molecule has 28 heavy (non-hydrogen) atoms. The summed E-state index contributed by atoms with van der Waals surface area (Å²) >= 11 is 0. The molecule has 150 valence electrons. The molecule has 0 unspecified atom stereocenters. The van der Waals surface area contributed by atoms with Crippen LogP contribution in [0.5, 0.6) is 11.5 Å². The largest absolute Gasteiger partial charge is 0.496 e. The normalized spacial score (nSPS) is 12.1. The first-order chi connectivity index (χ1) is 13.2. The Labute approximate surface area is 159 Å². The Morgan fingerprint density at radius 3 is 1.96 bits per heavy atom. The molecular formula is C19H18F3NO5. The number of benzene rings is 2. The number of amides is 1. The molecule has 2 aromatic carbocycles. The van der Waals surface area contributed by atoms with E-state index in [0.717, 1.165) is 24.3 Å². The predicted octanol–water partition coefficient (Wildman–Crippen LogP) is 3.91. The zero-order chi connectivity index (χ0) is 20.9. The number of methoxy groups -OCH3 is 2. The summed E-state index contributed by atoms with van der Waals surface area (Å²) in [4.78, 5) is 24.6. The van der Waals surface area contributed by atoms with Crippen LogP contribution in [0.2, 0.25) is 0 Å². The lowest BCUT2D eigenvalue weighted by Gasteiger charge is -2.16. The molecule has 0 heterocycles. The third kappa shape index (κ3) is 4.93. The van der Waals surface area contributed by atoms with Crippen molar-refractivity contribution in [2.24, 2.45) is 0 Å². The summed E-state index contributed by atoms with van der Waals surface area (Å²) in [6, 6.07) is 8.59. The highest BCUT2D eigenvalue weighted by atomic mass is 19.4. The molecule has 9 heteroatoms.